The molecule has 0 aromatic heterocycles. The van der Waals surface area contributed by atoms with E-state index >= 15 is 0 Å². The number of hydrogen-bond donors (Lipinski definition) is 2. The Morgan fingerprint density at radius 2 is 1.82 bits per heavy atom. The maximum atomic E-state index is 12.4. The van der Waals surface area contributed by atoms with E-state index < -0.39 is 0 Å². The molecule has 0 radical (unpaired) electrons. The van der Waals surface area contributed by atoms with Crippen molar-refractivity contribution >= 4 is 17.7 Å². The van der Waals surface area contributed by atoms with Gasteiger partial charge in [-0.05, 0) is 29.9 Å². The van der Waals surface area contributed by atoms with Gasteiger partial charge in [-0.15, -0.1) is 0 Å². The average molecular weight is 304 g/mol. The first-order valence-corrected chi connectivity index (χ1v) is 7.86. The Hall–Kier alpha value is -2.04. The number of nitrogens with zero attached hydrogens (tertiary/aromatic N) is 2. The first kappa shape index (κ1) is 18.0. The number of nitrogens with two attached hydrogens (primary N) is 1. The van der Waals surface area contributed by atoms with Crippen LogP contribution in [-0.4, -0.2) is 25.6 Å². The molecule has 3 N–H and O–H groups in total. The van der Waals surface area contributed by atoms with Crippen LogP contribution in [0.3, 0.4) is 0 Å². The predicted octanol–water partition coefficient (Wildman–Crippen LogP) is 2.93. The van der Waals surface area contributed by atoms with Gasteiger partial charge in [-0.1, -0.05) is 45.9 Å². The number of benzene rings is 1. The van der Waals surface area contributed by atoms with Crippen molar-refractivity contribution in [1.82, 2.24) is 5.32 Å². The van der Waals surface area contributed by atoms with E-state index in [0.717, 1.165) is 29.7 Å². The zero-order valence-corrected chi connectivity index (χ0v) is 14.3. The minimum absolute atomic E-state index is 0.164. The lowest BCUT2D eigenvalue weighted by Gasteiger charge is -2.23. The van der Waals surface area contributed by atoms with Crippen LogP contribution in [0.25, 0.3) is 0 Å². The van der Waals surface area contributed by atoms with E-state index in [9.17, 15) is 4.79 Å². The van der Waals surface area contributed by atoms with Gasteiger partial charge in [0.25, 0.3) is 0 Å². The Morgan fingerprint density at radius 1 is 1.27 bits per heavy atom. The summed E-state index contributed by atoms with van der Waals surface area (Å²) in [6, 6.07) is 5.87. The quantitative estimate of drug-likeness (QED) is 0.648. The highest BCUT2D eigenvalue weighted by atomic mass is 16.2. The van der Waals surface area contributed by atoms with Crippen molar-refractivity contribution < 1.29 is 4.79 Å². The van der Waals surface area contributed by atoms with Gasteiger partial charge in [0, 0.05) is 13.6 Å². The summed E-state index contributed by atoms with van der Waals surface area (Å²) >= 11 is 0. The second-order valence-corrected chi connectivity index (χ2v) is 5.74. The van der Waals surface area contributed by atoms with E-state index in [4.69, 9.17) is 5.73 Å². The molecule has 1 rings (SSSR count). The molecular formula is C17H28N4O. The number of anilines is 1. The Balaban J connectivity index is 2.94. The van der Waals surface area contributed by atoms with E-state index in [0.29, 0.717) is 12.5 Å². The van der Waals surface area contributed by atoms with Gasteiger partial charge in [0.2, 0.25) is 0 Å². The van der Waals surface area contributed by atoms with Gasteiger partial charge >= 0.3 is 6.03 Å². The number of carbonyl (C=O) groups excluding carboxylic acids is 1. The number of carbonyl (C=O) groups is 1. The molecule has 0 heterocycles. The fourth-order valence-electron chi connectivity index (χ4n) is 2.26. The summed E-state index contributed by atoms with van der Waals surface area (Å²) in [5.41, 5.74) is 9.03. The number of aliphatic imine (C=N–C) groups is 1. The molecule has 0 fully saturated rings. The lowest BCUT2D eigenvalue weighted by atomic mass is 10.0. The van der Waals surface area contributed by atoms with Crippen LogP contribution in [0.2, 0.25) is 0 Å². The third-order valence-electron chi connectivity index (χ3n) is 3.47. The summed E-state index contributed by atoms with van der Waals surface area (Å²) in [5, 5.41) is 2.65. The standard InChI is InChI=1S/C17H28N4O/c1-6-13-9-8-10-14(7-2)15(13)21(5)17(22)20-16(18)19-11-12(3)4/h8-10,12H,6-7,11H2,1-5H3,(H3,18,19,20,22). The summed E-state index contributed by atoms with van der Waals surface area (Å²) in [7, 11) is 1.76. The minimum atomic E-state index is -0.263. The second-order valence-electron chi connectivity index (χ2n) is 5.74. The second kappa shape index (κ2) is 8.41. The maximum absolute atomic E-state index is 12.4. The van der Waals surface area contributed by atoms with Gasteiger partial charge in [-0.25, -0.2) is 4.79 Å². The molecule has 0 aliphatic rings. The Bertz CT molecular complexity index is 515. The number of rotatable bonds is 5. The Labute approximate surface area is 133 Å². The van der Waals surface area contributed by atoms with Gasteiger partial charge in [0.05, 0.1) is 5.69 Å². The van der Waals surface area contributed by atoms with E-state index in [2.05, 4.69) is 50.1 Å². The van der Waals surface area contributed by atoms with Gasteiger partial charge in [-0.3, -0.25) is 15.2 Å². The lowest BCUT2D eigenvalue weighted by molar-refractivity contribution is 0.251. The molecule has 5 heteroatoms. The summed E-state index contributed by atoms with van der Waals surface area (Å²) in [5.74, 6) is 0.568. The van der Waals surface area contributed by atoms with Crippen LogP contribution >= 0.6 is 0 Å². The molecular weight excluding hydrogens is 276 g/mol. The van der Waals surface area contributed by atoms with E-state index in [1.807, 2.05) is 6.07 Å². The molecule has 122 valence electrons. The molecule has 0 bridgehead atoms. The largest absolute Gasteiger partial charge is 0.370 e. The number of urea groups is 1. The number of hydrogen-bond acceptors (Lipinski definition) is 2. The summed E-state index contributed by atoms with van der Waals surface area (Å²) in [6.07, 6.45) is 1.75. The fourth-order valence-corrected chi connectivity index (χ4v) is 2.26. The van der Waals surface area contributed by atoms with Gasteiger partial charge in [0.15, 0.2) is 5.96 Å². The number of nitrogens with one attached hydrogen (secondary N) is 1. The molecule has 0 atom stereocenters. The van der Waals surface area contributed by atoms with Gasteiger partial charge < -0.3 is 5.73 Å². The van der Waals surface area contributed by atoms with Crippen molar-refractivity contribution in [3.63, 3.8) is 0 Å². The molecule has 1 aromatic rings. The number of amides is 2. The highest BCUT2D eigenvalue weighted by Gasteiger charge is 2.17. The first-order valence-electron chi connectivity index (χ1n) is 7.86. The van der Waals surface area contributed by atoms with E-state index in [-0.39, 0.29) is 12.0 Å². The van der Waals surface area contributed by atoms with Crippen LogP contribution in [0, 0.1) is 5.92 Å². The highest BCUT2D eigenvalue weighted by molar-refractivity contribution is 6.03. The van der Waals surface area contributed by atoms with E-state index in [1.165, 1.54) is 0 Å². The van der Waals surface area contributed by atoms with Crippen molar-refractivity contribution in [3.8, 4) is 0 Å². The van der Waals surface area contributed by atoms with Crippen LogP contribution < -0.4 is 16.0 Å². The SMILES string of the molecule is CCc1cccc(CC)c1N(C)C(=O)NC(N)=NCC(C)C. The van der Waals surface area contributed by atoms with Crippen LogP contribution in [0.5, 0.6) is 0 Å². The molecule has 22 heavy (non-hydrogen) atoms. The lowest BCUT2D eigenvalue weighted by Crippen LogP contribution is -2.45. The van der Waals surface area contributed by atoms with Crippen molar-refractivity contribution in [2.45, 2.75) is 40.5 Å². The number of guanidine groups is 1. The topological polar surface area (TPSA) is 70.7 Å². The molecule has 5 nitrogen and oxygen atoms in total. The third kappa shape index (κ3) is 4.76. The third-order valence-corrected chi connectivity index (χ3v) is 3.47. The molecule has 0 saturated carbocycles. The molecule has 0 aliphatic carbocycles. The van der Waals surface area contributed by atoms with Crippen LogP contribution in [-0.2, 0) is 12.8 Å². The monoisotopic (exact) mass is 304 g/mol. The van der Waals surface area contributed by atoms with Crippen molar-refractivity contribution in [2.24, 2.45) is 16.6 Å². The van der Waals surface area contributed by atoms with Crippen molar-refractivity contribution in [3.05, 3.63) is 29.3 Å². The molecule has 0 aliphatic heterocycles. The van der Waals surface area contributed by atoms with Crippen molar-refractivity contribution in [1.29, 1.82) is 0 Å². The molecule has 0 unspecified atom stereocenters. The molecule has 2 amide bonds. The summed E-state index contributed by atoms with van der Waals surface area (Å²) in [6.45, 7) is 8.87. The fraction of sp³-hybridized carbons (Fsp3) is 0.529. The molecule has 0 spiro atoms. The highest BCUT2D eigenvalue weighted by Crippen LogP contribution is 2.26. The molecule has 1 aromatic carbocycles. The minimum Gasteiger partial charge on any atom is -0.370 e. The Morgan fingerprint density at radius 3 is 2.27 bits per heavy atom. The maximum Gasteiger partial charge on any atom is 0.328 e. The number of para-hydroxylation sites is 1. The van der Waals surface area contributed by atoms with Crippen LogP contribution in [0.15, 0.2) is 23.2 Å². The average Bonchev–Trinajstić information content (AvgIpc) is 2.51. The zero-order valence-electron chi connectivity index (χ0n) is 14.3. The normalized spacial score (nSPS) is 11.6. The first-order chi connectivity index (χ1) is 10.4. The smallest absolute Gasteiger partial charge is 0.328 e. The van der Waals surface area contributed by atoms with Crippen LogP contribution in [0.4, 0.5) is 10.5 Å². The van der Waals surface area contributed by atoms with Crippen LogP contribution in [0.1, 0.15) is 38.8 Å². The number of aryl methyl sites for hydroxylation is 2. The summed E-state index contributed by atoms with van der Waals surface area (Å²) < 4.78 is 0. The van der Waals surface area contributed by atoms with Crippen molar-refractivity contribution in [2.75, 3.05) is 18.5 Å². The zero-order chi connectivity index (χ0) is 16.7. The van der Waals surface area contributed by atoms with E-state index in [1.54, 1.807) is 11.9 Å². The molecule has 0 saturated heterocycles. The van der Waals surface area contributed by atoms with Gasteiger partial charge in [0.1, 0.15) is 0 Å². The summed E-state index contributed by atoms with van der Waals surface area (Å²) in [4.78, 5) is 18.2. The predicted molar refractivity (Wildman–Crippen MR) is 93.5 cm³/mol. The van der Waals surface area contributed by atoms with Gasteiger partial charge in [-0.2, -0.15) is 0 Å². The Kier molecular flexibility index (Phi) is 6.89.